The quantitative estimate of drug-likeness (QED) is 0.577. The molecule has 0 aliphatic heterocycles. The SMILES string of the molecule is CCC(CO)NC(=O)c1cn[nH]n1. The highest BCUT2D eigenvalue weighted by Gasteiger charge is 2.12. The number of nitrogens with one attached hydrogen (secondary N) is 2. The van der Waals surface area contributed by atoms with Crippen molar-refractivity contribution in [1.29, 1.82) is 0 Å². The minimum atomic E-state index is -0.324. The average molecular weight is 184 g/mol. The topological polar surface area (TPSA) is 90.9 Å². The fourth-order valence-electron chi connectivity index (χ4n) is 0.847. The number of aromatic amines is 1. The van der Waals surface area contributed by atoms with Crippen molar-refractivity contribution in [3.63, 3.8) is 0 Å². The van der Waals surface area contributed by atoms with Crippen LogP contribution in [-0.2, 0) is 0 Å². The van der Waals surface area contributed by atoms with Gasteiger partial charge in [0.1, 0.15) is 0 Å². The van der Waals surface area contributed by atoms with Crippen LogP contribution >= 0.6 is 0 Å². The Morgan fingerprint density at radius 1 is 1.85 bits per heavy atom. The molecule has 0 saturated heterocycles. The minimum Gasteiger partial charge on any atom is -0.394 e. The number of rotatable bonds is 4. The van der Waals surface area contributed by atoms with Crippen molar-refractivity contribution >= 4 is 5.91 Å². The zero-order chi connectivity index (χ0) is 9.68. The number of amides is 1. The third-order valence-corrected chi connectivity index (χ3v) is 1.70. The molecule has 1 unspecified atom stereocenters. The largest absolute Gasteiger partial charge is 0.394 e. The standard InChI is InChI=1S/C7H12N4O2/c1-2-5(4-12)9-7(13)6-3-8-11-10-6/h3,5,12H,2,4H2,1H3,(H,9,13)(H,8,10,11). The fraction of sp³-hybridized carbons (Fsp3) is 0.571. The van der Waals surface area contributed by atoms with Gasteiger partial charge in [-0.3, -0.25) is 4.79 Å². The predicted octanol–water partition coefficient (Wildman–Crippen LogP) is -0.695. The molecule has 1 heterocycles. The summed E-state index contributed by atoms with van der Waals surface area (Å²) >= 11 is 0. The molecule has 0 fully saturated rings. The van der Waals surface area contributed by atoms with Crippen molar-refractivity contribution in [2.24, 2.45) is 0 Å². The molecule has 6 heteroatoms. The maximum absolute atomic E-state index is 11.3. The molecule has 0 aromatic carbocycles. The van der Waals surface area contributed by atoms with Crippen molar-refractivity contribution in [1.82, 2.24) is 20.7 Å². The average Bonchev–Trinajstić information content (AvgIpc) is 2.66. The molecule has 1 amide bonds. The van der Waals surface area contributed by atoms with E-state index >= 15 is 0 Å². The van der Waals surface area contributed by atoms with Gasteiger partial charge in [-0.05, 0) is 6.42 Å². The van der Waals surface area contributed by atoms with Crippen LogP contribution in [-0.4, -0.2) is 39.1 Å². The first-order valence-electron chi connectivity index (χ1n) is 4.05. The van der Waals surface area contributed by atoms with Crippen LogP contribution in [0.5, 0.6) is 0 Å². The molecule has 3 N–H and O–H groups in total. The van der Waals surface area contributed by atoms with E-state index in [4.69, 9.17) is 5.11 Å². The van der Waals surface area contributed by atoms with Gasteiger partial charge in [0.25, 0.3) is 5.91 Å². The van der Waals surface area contributed by atoms with Gasteiger partial charge in [-0.2, -0.15) is 15.4 Å². The Kier molecular flexibility index (Phi) is 3.39. The molecule has 13 heavy (non-hydrogen) atoms. The van der Waals surface area contributed by atoms with Gasteiger partial charge in [-0.25, -0.2) is 0 Å². The lowest BCUT2D eigenvalue weighted by atomic mass is 10.2. The Morgan fingerprint density at radius 2 is 2.62 bits per heavy atom. The van der Waals surface area contributed by atoms with Gasteiger partial charge in [0.15, 0.2) is 5.69 Å². The number of nitrogens with zero attached hydrogens (tertiary/aromatic N) is 2. The Hall–Kier alpha value is -1.43. The summed E-state index contributed by atoms with van der Waals surface area (Å²) in [5, 5.41) is 20.9. The number of carbonyl (C=O) groups excluding carboxylic acids is 1. The van der Waals surface area contributed by atoms with Crippen LogP contribution in [0, 0.1) is 0 Å². The van der Waals surface area contributed by atoms with Crippen molar-refractivity contribution in [3.8, 4) is 0 Å². The molecule has 0 aliphatic rings. The minimum absolute atomic E-state index is 0.0694. The normalized spacial score (nSPS) is 12.5. The molecule has 0 bridgehead atoms. The summed E-state index contributed by atoms with van der Waals surface area (Å²) in [6, 6.07) is -0.218. The van der Waals surface area contributed by atoms with E-state index in [2.05, 4.69) is 20.7 Å². The van der Waals surface area contributed by atoms with Gasteiger partial charge in [-0.1, -0.05) is 6.92 Å². The van der Waals surface area contributed by atoms with Gasteiger partial charge in [-0.15, -0.1) is 0 Å². The predicted molar refractivity (Wildman–Crippen MR) is 45.0 cm³/mol. The van der Waals surface area contributed by atoms with E-state index in [-0.39, 0.29) is 24.2 Å². The summed E-state index contributed by atoms with van der Waals surface area (Å²) in [4.78, 5) is 11.3. The van der Waals surface area contributed by atoms with Crippen LogP contribution in [0.4, 0.5) is 0 Å². The summed E-state index contributed by atoms with van der Waals surface area (Å²) < 4.78 is 0. The zero-order valence-electron chi connectivity index (χ0n) is 7.32. The second kappa shape index (κ2) is 4.56. The Bertz CT molecular complexity index is 255. The van der Waals surface area contributed by atoms with Gasteiger partial charge in [0, 0.05) is 0 Å². The lowest BCUT2D eigenvalue weighted by molar-refractivity contribution is 0.0910. The molecular formula is C7H12N4O2. The van der Waals surface area contributed by atoms with Gasteiger partial charge in [0.05, 0.1) is 18.8 Å². The molecule has 72 valence electrons. The van der Waals surface area contributed by atoms with Crippen molar-refractivity contribution in [3.05, 3.63) is 11.9 Å². The molecule has 1 atom stereocenters. The van der Waals surface area contributed by atoms with E-state index in [0.29, 0.717) is 6.42 Å². The first kappa shape index (κ1) is 9.66. The number of aliphatic hydroxyl groups excluding tert-OH is 1. The highest BCUT2D eigenvalue weighted by atomic mass is 16.3. The van der Waals surface area contributed by atoms with Crippen LogP contribution in [0.2, 0.25) is 0 Å². The molecule has 0 saturated carbocycles. The summed E-state index contributed by atoms with van der Waals surface area (Å²) in [6.07, 6.45) is 2.01. The van der Waals surface area contributed by atoms with E-state index in [1.54, 1.807) is 0 Å². The molecule has 1 aromatic heterocycles. The summed E-state index contributed by atoms with van der Waals surface area (Å²) in [6.45, 7) is 1.81. The molecule has 0 aliphatic carbocycles. The molecular weight excluding hydrogens is 172 g/mol. The second-order valence-electron chi connectivity index (χ2n) is 2.62. The first-order valence-corrected chi connectivity index (χ1v) is 4.05. The van der Waals surface area contributed by atoms with Crippen LogP contribution in [0.25, 0.3) is 0 Å². The van der Waals surface area contributed by atoms with E-state index in [1.165, 1.54) is 6.20 Å². The highest BCUT2D eigenvalue weighted by molar-refractivity contribution is 5.91. The number of aliphatic hydroxyl groups is 1. The van der Waals surface area contributed by atoms with Gasteiger partial charge < -0.3 is 10.4 Å². The maximum atomic E-state index is 11.3. The maximum Gasteiger partial charge on any atom is 0.273 e. The van der Waals surface area contributed by atoms with Crippen LogP contribution in [0.1, 0.15) is 23.8 Å². The van der Waals surface area contributed by atoms with E-state index in [9.17, 15) is 4.79 Å². The first-order chi connectivity index (χ1) is 6.27. The van der Waals surface area contributed by atoms with Gasteiger partial charge in [0.2, 0.25) is 0 Å². The van der Waals surface area contributed by atoms with Crippen molar-refractivity contribution < 1.29 is 9.90 Å². The third-order valence-electron chi connectivity index (χ3n) is 1.70. The Morgan fingerprint density at radius 3 is 3.08 bits per heavy atom. The molecule has 1 rings (SSSR count). The fourth-order valence-corrected chi connectivity index (χ4v) is 0.847. The monoisotopic (exact) mass is 184 g/mol. The molecule has 0 radical (unpaired) electrons. The smallest absolute Gasteiger partial charge is 0.273 e. The number of carbonyl (C=O) groups is 1. The third kappa shape index (κ3) is 2.51. The van der Waals surface area contributed by atoms with E-state index < -0.39 is 0 Å². The summed E-state index contributed by atoms with van der Waals surface area (Å²) in [5.74, 6) is -0.324. The van der Waals surface area contributed by atoms with Crippen molar-refractivity contribution in [2.75, 3.05) is 6.61 Å². The van der Waals surface area contributed by atoms with Crippen LogP contribution < -0.4 is 5.32 Å². The number of hydrogen-bond donors (Lipinski definition) is 3. The highest BCUT2D eigenvalue weighted by Crippen LogP contribution is 1.93. The summed E-state index contributed by atoms with van der Waals surface area (Å²) in [5.41, 5.74) is 0.229. The molecule has 1 aromatic rings. The lowest BCUT2D eigenvalue weighted by Crippen LogP contribution is -2.37. The summed E-state index contributed by atoms with van der Waals surface area (Å²) in [7, 11) is 0. The molecule has 6 nitrogen and oxygen atoms in total. The zero-order valence-corrected chi connectivity index (χ0v) is 7.32. The van der Waals surface area contributed by atoms with E-state index in [1.807, 2.05) is 6.92 Å². The Balaban J connectivity index is 2.50. The second-order valence-corrected chi connectivity index (χ2v) is 2.62. The Labute approximate surface area is 75.3 Å². The van der Waals surface area contributed by atoms with E-state index in [0.717, 1.165) is 0 Å². The van der Waals surface area contributed by atoms with Crippen LogP contribution in [0.3, 0.4) is 0 Å². The number of aromatic nitrogens is 3. The van der Waals surface area contributed by atoms with Crippen molar-refractivity contribution in [2.45, 2.75) is 19.4 Å². The number of hydrogen-bond acceptors (Lipinski definition) is 4. The van der Waals surface area contributed by atoms with Gasteiger partial charge >= 0.3 is 0 Å². The molecule has 0 spiro atoms. The number of H-pyrrole nitrogens is 1. The lowest BCUT2D eigenvalue weighted by Gasteiger charge is -2.11. The van der Waals surface area contributed by atoms with Crippen LogP contribution in [0.15, 0.2) is 6.20 Å².